The summed E-state index contributed by atoms with van der Waals surface area (Å²) < 4.78 is 0. The molecule has 0 radical (unpaired) electrons. The molecular formula is C16H16Cl2N2O4. The molecule has 0 unspecified atom stereocenters. The number of hydrogen-bond donors (Lipinski definition) is 1. The molecule has 1 aromatic rings. The average molecular weight is 371 g/mol. The van der Waals surface area contributed by atoms with Crippen LogP contribution in [0.1, 0.15) is 19.3 Å². The van der Waals surface area contributed by atoms with Gasteiger partial charge in [0.05, 0.1) is 29.1 Å². The molecule has 0 saturated carbocycles. The molecule has 1 aromatic carbocycles. The molecule has 2 amide bonds. The van der Waals surface area contributed by atoms with Gasteiger partial charge < -0.3 is 5.11 Å². The summed E-state index contributed by atoms with van der Waals surface area (Å²) in [7, 11) is 0. The van der Waals surface area contributed by atoms with Crippen LogP contribution in [0.2, 0.25) is 10.0 Å². The zero-order valence-electron chi connectivity index (χ0n) is 12.7. The summed E-state index contributed by atoms with van der Waals surface area (Å²) in [6.07, 6.45) is 1.02. The van der Waals surface area contributed by atoms with Crippen molar-refractivity contribution in [2.45, 2.75) is 25.3 Å². The lowest BCUT2D eigenvalue weighted by molar-refractivity contribution is -0.143. The van der Waals surface area contributed by atoms with E-state index in [0.29, 0.717) is 36.6 Å². The van der Waals surface area contributed by atoms with Crippen LogP contribution in [-0.2, 0) is 14.4 Å². The number of halogens is 2. The molecule has 0 spiro atoms. The Hall–Kier alpha value is -1.63. The van der Waals surface area contributed by atoms with Crippen LogP contribution in [0.4, 0.5) is 5.69 Å². The van der Waals surface area contributed by atoms with E-state index in [1.165, 1.54) is 6.07 Å². The van der Waals surface area contributed by atoms with Gasteiger partial charge in [-0.3, -0.25) is 19.3 Å². The molecule has 1 atom stereocenters. The fourth-order valence-corrected chi connectivity index (χ4v) is 3.64. The zero-order valence-corrected chi connectivity index (χ0v) is 14.3. The van der Waals surface area contributed by atoms with E-state index in [9.17, 15) is 14.4 Å². The third-order valence-corrected chi connectivity index (χ3v) is 5.15. The Morgan fingerprint density at radius 3 is 2.46 bits per heavy atom. The minimum Gasteiger partial charge on any atom is -0.481 e. The number of nitrogens with zero attached hydrogens (tertiary/aromatic N) is 2. The second-order valence-electron chi connectivity index (χ2n) is 6.03. The molecule has 2 aliphatic rings. The first-order valence-corrected chi connectivity index (χ1v) is 8.43. The minimum absolute atomic E-state index is 0.0689. The summed E-state index contributed by atoms with van der Waals surface area (Å²) in [6, 6.07) is 4.07. The van der Waals surface area contributed by atoms with Crippen LogP contribution in [0, 0.1) is 5.92 Å². The quantitative estimate of drug-likeness (QED) is 0.826. The first kappa shape index (κ1) is 17.2. The molecular weight excluding hydrogens is 355 g/mol. The zero-order chi connectivity index (χ0) is 17.4. The highest BCUT2D eigenvalue weighted by Gasteiger charge is 2.44. The number of benzene rings is 1. The second-order valence-corrected chi connectivity index (χ2v) is 6.88. The van der Waals surface area contributed by atoms with Crippen LogP contribution < -0.4 is 4.90 Å². The maximum Gasteiger partial charge on any atom is 0.306 e. The van der Waals surface area contributed by atoms with E-state index in [0.717, 1.165) is 4.90 Å². The number of hydrogen-bond acceptors (Lipinski definition) is 4. The normalized spacial score (nSPS) is 23.1. The molecule has 2 heterocycles. The number of rotatable bonds is 3. The highest BCUT2D eigenvalue weighted by Crippen LogP contribution is 2.34. The first-order chi connectivity index (χ1) is 11.4. The van der Waals surface area contributed by atoms with Crippen LogP contribution in [0.3, 0.4) is 0 Å². The summed E-state index contributed by atoms with van der Waals surface area (Å²) in [5, 5.41) is 9.73. The van der Waals surface area contributed by atoms with Crippen molar-refractivity contribution in [1.82, 2.24) is 4.90 Å². The van der Waals surface area contributed by atoms with Crippen LogP contribution in [0.5, 0.6) is 0 Å². The van der Waals surface area contributed by atoms with Gasteiger partial charge in [0.1, 0.15) is 0 Å². The topological polar surface area (TPSA) is 77.9 Å². The van der Waals surface area contributed by atoms with Crippen molar-refractivity contribution in [3.05, 3.63) is 28.2 Å². The summed E-state index contributed by atoms with van der Waals surface area (Å²) >= 11 is 12.1. The van der Waals surface area contributed by atoms with E-state index in [-0.39, 0.29) is 29.2 Å². The molecule has 0 aromatic heterocycles. The molecule has 2 aliphatic heterocycles. The van der Waals surface area contributed by atoms with Crippen molar-refractivity contribution >= 4 is 46.7 Å². The monoisotopic (exact) mass is 370 g/mol. The van der Waals surface area contributed by atoms with Gasteiger partial charge >= 0.3 is 5.97 Å². The second kappa shape index (κ2) is 6.70. The fourth-order valence-electron chi connectivity index (χ4n) is 3.27. The molecule has 0 bridgehead atoms. The Labute approximate surface area is 148 Å². The number of carbonyl (C=O) groups is 3. The third kappa shape index (κ3) is 3.14. The van der Waals surface area contributed by atoms with Gasteiger partial charge in [-0.25, -0.2) is 4.90 Å². The van der Waals surface area contributed by atoms with E-state index in [1.54, 1.807) is 12.1 Å². The maximum absolute atomic E-state index is 12.7. The largest absolute Gasteiger partial charge is 0.481 e. The van der Waals surface area contributed by atoms with Crippen LogP contribution in [0.25, 0.3) is 0 Å². The summed E-state index contributed by atoms with van der Waals surface area (Å²) in [5.74, 6) is -1.85. The van der Waals surface area contributed by atoms with Gasteiger partial charge in [-0.1, -0.05) is 23.2 Å². The van der Waals surface area contributed by atoms with Crippen molar-refractivity contribution in [3.8, 4) is 0 Å². The number of anilines is 1. The van der Waals surface area contributed by atoms with Gasteiger partial charge in [-0.15, -0.1) is 0 Å². The van der Waals surface area contributed by atoms with Crippen molar-refractivity contribution in [2.24, 2.45) is 5.92 Å². The lowest BCUT2D eigenvalue weighted by Gasteiger charge is -2.33. The predicted molar refractivity (Wildman–Crippen MR) is 89.3 cm³/mol. The lowest BCUT2D eigenvalue weighted by atomic mass is 9.96. The van der Waals surface area contributed by atoms with E-state index < -0.39 is 12.0 Å². The molecule has 2 saturated heterocycles. The molecule has 0 aliphatic carbocycles. The third-order valence-electron chi connectivity index (χ3n) is 4.59. The van der Waals surface area contributed by atoms with Gasteiger partial charge in [0.25, 0.3) is 5.91 Å². The number of likely N-dealkylation sites (tertiary alicyclic amines) is 1. The molecule has 1 N–H and O–H groups in total. The van der Waals surface area contributed by atoms with Crippen molar-refractivity contribution in [3.63, 3.8) is 0 Å². The molecule has 8 heteroatoms. The van der Waals surface area contributed by atoms with Crippen molar-refractivity contribution < 1.29 is 19.5 Å². The summed E-state index contributed by atoms with van der Waals surface area (Å²) in [4.78, 5) is 39.1. The van der Waals surface area contributed by atoms with Gasteiger partial charge in [0.15, 0.2) is 0 Å². The number of carboxylic acids is 1. The Kier molecular flexibility index (Phi) is 4.80. The molecule has 2 fully saturated rings. The number of imide groups is 1. The average Bonchev–Trinajstić information content (AvgIpc) is 2.84. The first-order valence-electron chi connectivity index (χ1n) is 7.67. The summed E-state index contributed by atoms with van der Waals surface area (Å²) in [6.45, 7) is 0.968. The number of carboxylic acid groups (broad SMARTS) is 1. The van der Waals surface area contributed by atoms with Crippen LogP contribution >= 0.6 is 23.2 Å². The molecule has 3 rings (SSSR count). The Morgan fingerprint density at radius 1 is 1.17 bits per heavy atom. The number of amides is 2. The Bertz CT molecular complexity index is 701. The number of aliphatic carboxylic acids is 1. The van der Waals surface area contributed by atoms with Gasteiger partial charge in [0.2, 0.25) is 5.91 Å². The molecule has 6 nitrogen and oxygen atoms in total. The van der Waals surface area contributed by atoms with Crippen molar-refractivity contribution in [1.29, 1.82) is 0 Å². The summed E-state index contributed by atoms with van der Waals surface area (Å²) in [5.41, 5.74) is 0.294. The minimum atomic E-state index is -0.809. The standard InChI is InChI=1S/C16H16Cl2N2O4/c17-10-1-2-11(18)12(7-10)20-14(21)8-13(15(20)22)19-5-3-9(4-6-19)16(23)24/h1-2,7,9,13H,3-6,8H2,(H,23,24)/t13-/m1/s1. The van der Waals surface area contributed by atoms with E-state index >= 15 is 0 Å². The highest BCUT2D eigenvalue weighted by atomic mass is 35.5. The lowest BCUT2D eigenvalue weighted by Crippen LogP contribution is -2.46. The van der Waals surface area contributed by atoms with E-state index in [4.69, 9.17) is 28.3 Å². The predicted octanol–water partition coefficient (Wildman–Crippen LogP) is 2.42. The number of carbonyl (C=O) groups excluding carboxylic acids is 2. The fraction of sp³-hybridized carbons (Fsp3) is 0.438. The van der Waals surface area contributed by atoms with Crippen molar-refractivity contribution in [2.75, 3.05) is 18.0 Å². The van der Waals surface area contributed by atoms with Crippen LogP contribution in [0.15, 0.2) is 18.2 Å². The van der Waals surface area contributed by atoms with E-state index in [1.807, 2.05) is 4.90 Å². The smallest absolute Gasteiger partial charge is 0.306 e. The number of piperidine rings is 1. The van der Waals surface area contributed by atoms with E-state index in [2.05, 4.69) is 0 Å². The highest BCUT2D eigenvalue weighted by molar-refractivity contribution is 6.37. The van der Waals surface area contributed by atoms with Gasteiger partial charge in [0, 0.05) is 5.02 Å². The SMILES string of the molecule is O=C(O)C1CCN([C@@H]2CC(=O)N(c3cc(Cl)ccc3Cl)C2=O)CC1. The molecule has 24 heavy (non-hydrogen) atoms. The Morgan fingerprint density at radius 2 is 1.83 bits per heavy atom. The van der Waals surface area contributed by atoms with Gasteiger partial charge in [-0.05, 0) is 44.1 Å². The Balaban J connectivity index is 1.78. The van der Waals surface area contributed by atoms with Gasteiger partial charge in [-0.2, -0.15) is 0 Å². The maximum atomic E-state index is 12.7. The molecule has 128 valence electrons. The van der Waals surface area contributed by atoms with Crippen LogP contribution in [-0.4, -0.2) is 46.9 Å².